The Labute approximate surface area is 187 Å². The first kappa shape index (κ1) is 22.3. The van der Waals surface area contributed by atoms with E-state index in [2.05, 4.69) is 4.98 Å². The van der Waals surface area contributed by atoms with E-state index in [1.807, 2.05) is 0 Å². The van der Waals surface area contributed by atoms with Crippen LogP contribution >= 0.6 is 0 Å². The molecule has 5 nitrogen and oxygen atoms in total. The van der Waals surface area contributed by atoms with E-state index in [1.165, 1.54) is 25.4 Å². The minimum atomic E-state index is -4.57. The van der Waals surface area contributed by atoms with Crippen molar-refractivity contribution in [3.8, 4) is 5.75 Å². The van der Waals surface area contributed by atoms with Crippen LogP contribution in [0.25, 0.3) is 10.9 Å². The molecule has 33 heavy (non-hydrogen) atoms. The standard InChI is InChI=1S/C25H19F3N2O3/c1-15-12-16(10-11-21(15)33-2)23(31)19-14-30(20-8-4-3-7-18(20)24(19)32)13-17-6-5-9-22(29-17)25(26,27)28/h3-12,14H,13H2,1-2H3. The van der Waals surface area contributed by atoms with Crippen molar-refractivity contribution >= 4 is 16.7 Å². The van der Waals surface area contributed by atoms with Gasteiger partial charge in [-0.25, -0.2) is 4.98 Å². The maximum Gasteiger partial charge on any atom is 0.433 e. The number of ketones is 1. The van der Waals surface area contributed by atoms with Crippen molar-refractivity contribution in [1.29, 1.82) is 0 Å². The van der Waals surface area contributed by atoms with Gasteiger partial charge >= 0.3 is 6.18 Å². The Kier molecular flexibility index (Phi) is 5.76. The summed E-state index contributed by atoms with van der Waals surface area (Å²) in [4.78, 5) is 30.1. The second kappa shape index (κ2) is 8.54. The fourth-order valence-corrected chi connectivity index (χ4v) is 3.71. The van der Waals surface area contributed by atoms with Crippen molar-refractivity contribution < 1.29 is 22.7 Å². The molecule has 4 rings (SSSR count). The Morgan fingerprint density at radius 1 is 1.06 bits per heavy atom. The molecule has 0 saturated heterocycles. The summed E-state index contributed by atoms with van der Waals surface area (Å²) in [5.74, 6) is 0.125. The molecule has 0 saturated carbocycles. The number of carbonyl (C=O) groups is 1. The first-order valence-electron chi connectivity index (χ1n) is 10.0. The first-order valence-corrected chi connectivity index (χ1v) is 10.0. The maximum atomic E-state index is 13.2. The molecule has 2 aromatic heterocycles. The molecule has 0 bridgehead atoms. The predicted molar refractivity (Wildman–Crippen MR) is 118 cm³/mol. The Bertz CT molecular complexity index is 1420. The van der Waals surface area contributed by atoms with Gasteiger partial charge in [-0.1, -0.05) is 18.2 Å². The lowest BCUT2D eigenvalue weighted by Crippen LogP contribution is -2.20. The number of hydrogen-bond acceptors (Lipinski definition) is 4. The van der Waals surface area contributed by atoms with Crippen LogP contribution in [0, 0.1) is 6.92 Å². The number of rotatable bonds is 5. The van der Waals surface area contributed by atoms with Gasteiger partial charge in [0.25, 0.3) is 0 Å². The molecule has 0 atom stereocenters. The van der Waals surface area contributed by atoms with Gasteiger partial charge in [0.15, 0.2) is 5.78 Å². The van der Waals surface area contributed by atoms with E-state index < -0.39 is 23.1 Å². The summed E-state index contributed by atoms with van der Waals surface area (Å²) < 4.78 is 46.1. The second-order valence-electron chi connectivity index (χ2n) is 7.54. The highest BCUT2D eigenvalue weighted by atomic mass is 19.4. The summed E-state index contributed by atoms with van der Waals surface area (Å²) in [6, 6.07) is 15.1. The lowest BCUT2D eigenvalue weighted by Gasteiger charge is -2.14. The molecule has 0 fully saturated rings. The van der Waals surface area contributed by atoms with Gasteiger partial charge in [0, 0.05) is 17.1 Å². The molecule has 2 aromatic carbocycles. The number of pyridine rings is 2. The molecular formula is C25H19F3N2O3. The Hall–Kier alpha value is -3.94. The average molecular weight is 452 g/mol. The molecule has 0 spiro atoms. The number of halogens is 3. The Balaban J connectivity index is 1.83. The Morgan fingerprint density at radius 3 is 2.52 bits per heavy atom. The molecule has 168 valence electrons. The normalized spacial score (nSPS) is 11.5. The van der Waals surface area contributed by atoms with Crippen LogP contribution in [0.4, 0.5) is 13.2 Å². The second-order valence-corrected chi connectivity index (χ2v) is 7.54. The molecule has 4 aromatic rings. The highest BCUT2D eigenvalue weighted by Crippen LogP contribution is 2.28. The molecule has 8 heteroatoms. The maximum absolute atomic E-state index is 13.2. The fourth-order valence-electron chi connectivity index (χ4n) is 3.71. The summed E-state index contributed by atoms with van der Waals surface area (Å²) in [6.07, 6.45) is -3.19. The number of para-hydroxylation sites is 1. The van der Waals surface area contributed by atoms with E-state index in [4.69, 9.17) is 4.74 Å². The average Bonchev–Trinajstić information content (AvgIpc) is 2.80. The van der Waals surface area contributed by atoms with Crippen LogP contribution in [0.1, 0.15) is 32.9 Å². The van der Waals surface area contributed by atoms with E-state index in [0.29, 0.717) is 22.2 Å². The molecule has 0 amide bonds. The number of ether oxygens (including phenoxy) is 1. The lowest BCUT2D eigenvalue weighted by atomic mass is 10.0. The summed E-state index contributed by atoms with van der Waals surface area (Å²) in [5, 5.41) is 0.292. The van der Waals surface area contributed by atoms with Crippen molar-refractivity contribution in [3.63, 3.8) is 0 Å². The zero-order valence-corrected chi connectivity index (χ0v) is 17.8. The number of fused-ring (bicyclic) bond motifs is 1. The largest absolute Gasteiger partial charge is 0.496 e. The smallest absolute Gasteiger partial charge is 0.433 e. The topological polar surface area (TPSA) is 61.2 Å². The van der Waals surface area contributed by atoms with E-state index in [9.17, 15) is 22.8 Å². The Morgan fingerprint density at radius 2 is 1.82 bits per heavy atom. The molecule has 0 unspecified atom stereocenters. The van der Waals surface area contributed by atoms with Crippen LogP contribution in [0.5, 0.6) is 5.75 Å². The highest BCUT2D eigenvalue weighted by molar-refractivity contribution is 6.10. The molecule has 0 aliphatic rings. The molecule has 0 radical (unpaired) electrons. The molecule has 0 aliphatic heterocycles. The zero-order chi connectivity index (χ0) is 23.8. The SMILES string of the molecule is COc1ccc(C(=O)c2cn(Cc3cccc(C(F)(F)F)n3)c3ccccc3c2=O)cc1C. The van der Waals surface area contributed by atoms with E-state index in [-0.39, 0.29) is 17.8 Å². The van der Waals surface area contributed by atoms with Gasteiger partial charge in [-0.15, -0.1) is 0 Å². The van der Waals surface area contributed by atoms with Gasteiger partial charge in [0.1, 0.15) is 11.4 Å². The van der Waals surface area contributed by atoms with Crippen molar-refractivity contribution in [2.24, 2.45) is 0 Å². The first-order chi connectivity index (χ1) is 15.7. The van der Waals surface area contributed by atoms with Gasteiger partial charge in [-0.2, -0.15) is 13.2 Å². The van der Waals surface area contributed by atoms with Crippen LogP contribution in [-0.4, -0.2) is 22.4 Å². The number of hydrogen-bond donors (Lipinski definition) is 0. The minimum Gasteiger partial charge on any atom is -0.496 e. The highest BCUT2D eigenvalue weighted by Gasteiger charge is 2.32. The van der Waals surface area contributed by atoms with Crippen LogP contribution in [0.3, 0.4) is 0 Å². The third-order valence-corrected chi connectivity index (χ3v) is 5.32. The van der Waals surface area contributed by atoms with Crippen molar-refractivity contribution in [3.05, 3.63) is 105 Å². The summed E-state index contributed by atoms with van der Waals surface area (Å²) in [7, 11) is 1.52. The summed E-state index contributed by atoms with van der Waals surface area (Å²) in [6.45, 7) is 1.74. The summed E-state index contributed by atoms with van der Waals surface area (Å²) in [5.41, 5.74) is 0.154. The fraction of sp³-hybridized carbons (Fsp3) is 0.160. The minimum absolute atomic E-state index is 0.0490. The molecule has 0 N–H and O–H groups in total. The van der Waals surface area contributed by atoms with Crippen LogP contribution in [0.15, 0.2) is 71.7 Å². The third kappa shape index (κ3) is 4.37. The third-order valence-electron chi connectivity index (χ3n) is 5.32. The van der Waals surface area contributed by atoms with E-state index in [0.717, 1.165) is 11.6 Å². The number of benzene rings is 2. The monoisotopic (exact) mass is 452 g/mol. The molecular weight excluding hydrogens is 433 g/mol. The lowest BCUT2D eigenvalue weighted by molar-refractivity contribution is -0.141. The van der Waals surface area contributed by atoms with Gasteiger partial charge in [-0.3, -0.25) is 9.59 Å². The number of nitrogens with zero attached hydrogens (tertiary/aromatic N) is 2. The zero-order valence-electron chi connectivity index (χ0n) is 17.8. The molecule has 0 aliphatic carbocycles. The van der Waals surface area contributed by atoms with Gasteiger partial charge in [-0.05, 0) is 55.0 Å². The summed E-state index contributed by atoms with van der Waals surface area (Å²) >= 11 is 0. The molecule has 2 heterocycles. The van der Waals surface area contributed by atoms with Gasteiger partial charge in [0.2, 0.25) is 5.43 Å². The number of carbonyl (C=O) groups excluding carboxylic acids is 1. The quantitative estimate of drug-likeness (QED) is 0.400. The van der Waals surface area contributed by atoms with Crippen molar-refractivity contribution in [1.82, 2.24) is 9.55 Å². The van der Waals surface area contributed by atoms with Crippen molar-refractivity contribution in [2.45, 2.75) is 19.6 Å². The number of aromatic nitrogens is 2. The number of aryl methyl sites for hydroxylation is 1. The van der Waals surface area contributed by atoms with Gasteiger partial charge in [0.05, 0.1) is 30.4 Å². The number of alkyl halides is 3. The van der Waals surface area contributed by atoms with Gasteiger partial charge < -0.3 is 9.30 Å². The van der Waals surface area contributed by atoms with E-state index >= 15 is 0 Å². The van der Waals surface area contributed by atoms with Crippen LogP contribution < -0.4 is 10.2 Å². The van der Waals surface area contributed by atoms with Crippen LogP contribution in [0.2, 0.25) is 0 Å². The number of methoxy groups -OCH3 is 1. The van der Waals surface area contributed by atoms with Crippen molar-refractivity contribution in [2.75, 3.05) is 7.11 Å². The predicted octanol–water partition coefficient (Wildman–Crippen LogP) is 5.01. The van der Waals surface area contributed by atoms with E-state index in [1.54, 1.807) is 54.0 Å². The van der Waals surface area contributed by atoms with Crippen LogP contribution in [-0.2, 0) is 12.7 Å².